The Bertz CT molecular complexity index is 521. The molecular weight excluding hydrogens is 278 g/mol. The van der Waals surface area contributed by atoms with Crippen LogP contribution < -0.4 is 0 Å². The number of sulfone groups is 1. The summed E-state index contributed by atoms with van der Waals surface area (Å²) in [4.78, 5) is 2.50. The van der Waals surface area contributed by atoms with Gasteiger partial charge in [-0.1, -0.05) is 12.1 Å². The van der Waals surface area contributed by atoms with E-state index in [0.29, 0.717) is 24.7 Å². The van der Waals surface area contributed by atoms with Crippen molar-refractivity contribution in [2.24, 2.45) is 0 Å². The fourth-order valence-corrected chi connectivity index (χ4v) is 2.84. The molecule has 1 aliphatic rings. The molecule has 1 atom stereocenters. The van der Waals surface area contributed by atoms with Crippen molar-refractivity contribution in [1.82, 2.24) is 4.90 Å². The van der Waals surface area contributed by atoms with E-state index in [1.807, 2.05) is 19.2 Å². The van der Waals surface area contributed by atoms with Gasteiger partial charge in [-0.25, -0.2) is 8.42 Å². The van der Waals surface area contributed by atoms with Crippen molar-refractivity contribution in [3.63, 3.8) is 0 Å². The van der Waals surface area contributed by atoms with Crippen LogP contribution in [-0.2, 0) is 25.9 Å². The van der Waals surface area contributed by atoms with Crippen molar-refractivity contribution in [2.45, 2.75) is 17.5 Å². The molecule has 20 heavy (non-hydrogen) atoms. The lowest BCUT2D eigenvalue weighted by Gasteiger charge is -2.27. The van der Waals surface area contributed by atoms with E-state index in [0.717, 1.165) is 18.7 Å². The Morgan fingerprint density at radius 3 is 2.50 bits per heavy atom. The second-order valence-electron chi connectivity index (χ2n) is 5.18. The zero-order valence-electron chi connectivity index (χ0n) is 11.9. The Hall–Kier alpha value is -0.950. The standard InChI is InChI=1S/C14H21NO4S/c1-15(10-13-11-18-7-8-19-13)9-12-3-5-14(6-4-12)20(2,16)17/h3-6,13H,7-11H2,1-2H3/t13-/m0/s1. The predicted molar refractivity (Wildman–Crippen MR) is 76.4 cm³/mol. The van der Waals surface area contributed by atoms with Crippen molar-refractivity contribution in [2.75, 3.05) is 39.7 Å². The molecule has 5 nitrogen and oxygen atoms in total. The molecule has 0 saturated carbocycles. The van der Waals surface area contributed by atoms with Crippen molar-refractivity contribution in [3.8, 4) is 0 Å². The Labute approximate surface area is 120 Å². The van der Waals surface area contributed by atoms with Gasteiger partial charge in [0, 0.05) is 19.3 Å². The summed E-state index contributed by atoms with van der Waals surface area (Å²) in [5, 5.41) is 0. The molecule has 0 unspecified atom stereocenters. The first kappa shape index (κ1) is 15.4. The summed E-state index contributed by atoms with van der Waals surface area (Å²) >= 11 is 0. The number of benzene rings is 1. The van der Waals surface area contributed by atoms with Crippen LogP contribution in [-0.4, -0.2) is 59.1 Å². The number of likely N-dealkylation sites (N-methyl/N-ethyl adjacent to an activating group) is 1. The molecule has 0 N–H and O–H groups in total. The Kier molecular flexibility index (Phi) is 5.15. The highest BCUT2D eigenvalue weighted by molar-refractivity contribution is 7.90. The van der Waals surface area contributed by atoms with Gasteiger partial charge in [-0.2, -0.15) is 0 Å². The first-order chi connectivity index (χ1) is 9.45. The Morgan fingerprint density at radius 1 is 1.25 bits per heavy atom. The average molecular weight is 299 g/mol. The van der Waals surface area contributed by atoms with E-state index in [-0.39, 0.29) is 6.10 Å². The van der Waals surface area contributed by atoms with Crippen molar-refractivity contribution >= 4 is 9.84 Å². The molecule has 1 aromatic carbocycles. The number of ether oxygens (including phenoxy) is 2. The van der Waals surface area contributed by atoms with E-state index in [9.17, 15) is 8.42 Å². The SMILES string of the molecule is CN(Cc1ccc(S(C)(=O)=O)cc1)C[C@H]1COCCO1. The van der Waals surface area contributed by atoms with Crippen molar-refractivity contribution in [1.29, 1.82) is 0 Å². The molecule has 0 spiro atoms. The van der Waals surface area contributed by atoms with Gasteiger partial charge < -0.3 is 9.47 Å². The maximum atomic E-state index is 11.4. The van der Waals surface area contributed by atoms with Crippen LogP contribution in [0, 0.1) is 0 Å². The van der Waals surface area contributed by atoms with E-state index < -0.39 is 9.84 Å². The summed E-state index contributed by atoms with van der Waals surface area (Å²) < 4.78 is 33.7. The van der Waals surface area contributed by atoms with Gasteiger partial charge in [-0.05, 0) is 24.7 Å². The Balaban J connectivity index is 1.89. The summed E-state index contributed by atoms with van der Waals surface area (Å²) in [6.07, 6.45) is 1.33. The number of nitrogens with zero attached hydrogens (tertiary/aromatic N) is 1. The van der Waals surface area contributed by atoms with Gasteiger partial charge in [0.05, 0.1) is 30.8 Å². The first-order valence-corrected chi connectivity index (χ1v) is 8.51. The second kappa shape index (κ2) is 6.67. The normalized spacial score (nSPS) is 20.2. The fourth-order valence-electron chi connectivity index (χ4n) is 2.21. The van der Waals surface area contributed by atoms with Crippen molar-refractivity contribution in [3.05, 3.63) is 29.8 Å². The quantitative estimate of drug-likeness (QED) is 0.810. The number of rotatable bonds is 5. The molecule has 0 aromatic heterocycles. The van der Waals surface area contributed by atoms with Crippen LogP contribution >= 0.6 is 0 Å². The molecule has 2 rings (SSSR count). The van der Waals surface area contributed by atoms with E-state index in [1.54, 1.807) is 12.1 Å². The molecule has 6 heteroatoms. The molecular formula is C14H21NO4S. The molecule has 112 valence electrons. The summed E-state index contributed by atoms with van der Waals surface area (Å²) in [6.45, 7) is 3.52. The van der Waals surface area contributed by atoms with Crippen LogP contribution in [0.5, 0.6) is 0 Å². The van der Waals surface area contributed by atoms with E-state index in [4.69, 9.17) is 9.47 Å². The average Bonchev–Trinajstić information content (AvgIpc) is 2.39. The van der Waals surface area contributed by atoms with Gasteiger partial charge >= 0.3 is 0 Å². The minimum Gasteiger partial charge on any atom is -0.376 e. The van der Waals surface area contributed by atoms with Crippen LogP contribution in [0.15, 0.2) is 29.2 Å². The topological polar surface area (TPSA) is 55.8 Å². The molecule has 0 amide bonds. The second-order valence-corrected chi connectivity index (χ2v) is 7.20. The lowest BCUT2D eigenvalue weighted by Crippen LogP contribution is -2.38. The highest BCUT2D eigenvalue weighted by atomic mass is 32.2. The van der Waals surface area contributed by atoms with Gasteiger partial charge in [0.2, 0.25) is 0 Å². The molecule has 0 aliphatic carbocycles. The van der Waals surface area contributed by atoms with Gasteiger partial charge in [-0.15, -0.1) is 0 Å². The lowest BCUT2D eigenvalue weighted by atomic mass is 10.2. The molecule has 1 aliphatic heterocycles. The lowest BCUT2D eigenvalue weighted by molar-refractivity contribution is -0.0962. The summed E-state index contributed by atoms with van der Waals surface area (Å²) in [7, 11) is -1.10. The predicted octanol–water partition coefficient (Wildman–Crippen LogP) is 0.937. The minimum atomic E-state index is -3.12. The summed E-state index contributed by atoms with van der Waals surface area (Å²) in [6, 6.07) is 7.01. The minimum absolute atomic E-state index is 0.115. The van der Waals surface area contributed by atoms with Crippen LogP contribution in [0.3, 0.4) is 0 Å². The highest BCUT2D eigenvalue weighted by Gasteiger charge is 2.16. The molecule has 0 radical (unpaired) electrons. The zero-order valence-corrected chi connectivity index (χ0v) is 12.7. The maximum absolute atomic E-state index is 11.4. The first-order valence-electron chi connectivity index (χ1n) is 6.62. The van der Waals surface area contributed by atoms with Crippen LogP contribution in [0.1, 0.15) is 5.56 Å². The van der Waals surface area contributed by atoms with E-state index >= 15 is 0 Å². The van der Waals surface area contributed by atoms with Crippen LogP contribution in [0.2, 0.25) is 0 Å². The van der Waals surface area contributed by atoms with Gasteiger partial charge in [0.25, 0.3) is 0 Å². The largest absolute Gasteiger partial charge is 0.376 e. The van der Waals surface area contributed by atoms with Gasteiger partial charge in [-0.3, -0.25) is 4.90 Å². The van der Waals surface area contributed by atoms with Gasteiger partial charge in [0.1, 0.15) is 0 Å². The third kappa shape index (κ3) is 4.56. The van der Waals surface area contributed by atoms with E-state index in [1.165, 1.54) is 6.26 Å². The Morgan fingerprint density at radius 2 is 1.95 bits per heavy atom. The molecule has 0 bridgehead atoms. The molecule has 1 saturated heterocycles. The summed E-state index contributed by atoms with van der Waals surface area (Å²) in [5.41, 5.74) is 1.08. The smallest absolute Gasteiger partial charge is 0.175 e. The monoisotopic (exact) mass is 299 g/mol. The third-order valence-corrected chi connectivity index (χ3v) is 4.33. The van der Waals surface area contributed by atoms with E-state index in [2.05, 4.69) is 4.90 Å². The number of hydrogen-bond acceptors (Lipinski definition) is 5. The molecule has 1 fully saturated rings. The maximum Gasteiger partial charge on any atom is 0.175 e. The van der Waals surface area contributed by atoms with Crippen LogP contribution in [0.25, 0.3) is 0 Å². The molecule has 1 aromatic rings. The highest BCUT2D eigenvalue weighted by Crippen LogP contribution is 2.12. The molecule has 1 heterocycles. The fraction of sp³-hybridized carbons (Fsp3) is 0.571. The number of hydrogen-bond donors (Lipinski definition) is 0. The zero-order chi connectivity index (χ0) is 14.6. The third-order valence-electron chi connectivity index (χ3n) is 3.20. The summed E-state index contributed by atoms with van der Waals surface area (Å²) in [5.74, 6) is 0. The van der Waals surface area contributed by atoms with Gasteiger partial charge in [0.15, 0.2) is 9.84 Å². The van der Waals surface area contributed by atoms with Crippen molar-refractivity contribution < 1.29 is 17.9 Å². The van der Waals surface area contributed by atoms with Crippen LogP contribution in [0.4, 0.5) is 0 Å².